The fourth-order valence-corrected chi connectivity index (χ4v) is 3.24. The molecular weight excluding hydrogens is 278 g/mol. The van der Waals surface area contributed by atoms with E-state index in [2.05, 4.69) is 43.4 Å². The fourth-order valence-electron chi connectivity index (χ4n) is 1.54. The van der Waals surface area contributed by atoms with E-state index in [9.17, 15) is 8.42 Å². The van der Waals surface area contributed by atoms with E-state index in [4.69, 9.17) is 0 Å². The second-order valence-corrected chi connectivity index (χ2v) is 8.44. The molecule has 3 nitrogen and oxygen atoms in total. The van der Waals surface area contributed by atoms with Crippen LogP contribution in [-0.4, -0.2) is 32.2 Å². The zero-order chi connectivity index (χ0) is 14.3. The Kier molecular flexibility index (Phi) is 6.89. The maximum absolute atomic E-state index is 11.0. The van der Waals surface area contributed by atoms with Crippen LogP contribution in [0.2, 0.25) is 0 Å². The Morgan fingerprint density at radius 2 is 1.84 bits per heavy atom. The number of hydrogen-bond acceptors (Lipinski definition) is 4. The molecule has 0 spiro atoms. The van der Waals surface area contributed by atoms with Crippen molar-refractivity contribution >= 4 is 21.6 Å². The van der Waals surface area contributed by atoms with Gasteiger partial charge >= 0.3 is 0 Å². The maximum Gasteiger partial charge on any atom is 0.147 e. The number of thioether (sulfide) groups is 1. The van der Waals surface area contributed by atoms with Gasteiger partial charge in [0.15, 0.2) is 0 Å². The Balaban J connectivity index is 2.32. The SMILES string of the molecule is CC(C)NCc1ccc(SCCCS(C)(=O)=O)cc1. The predicted molar refractivity (Wildman–Crippen MR) is 83.5 cm³/mol. The molecule has 1 N–H and O–H groups in total. The first-order valence-corrected chi connectivity index (χ1v) is 9.54. The van der Waals surface area contributed by atoms with E-state index in [1.807, 2.05) is 0 Å². The molecule has 0 aromatic heterocycles. The van der Waals surface area contributed by atoms with Gasteiger partial charge in [0, 0.05) is 23.7 Å². The minimum Gasteiger partial charge on any atom is -0.310 e. The second kappa shape index (κ2) is 7.92. The van der Waals surface area contributed by atoms with E-state index in [0.29, 0.717) is 12.5 Å². The number of benzene rings is 1. The van der Waals surface area contributed by atoms with Crippen LogP contribution in [0.1, 0.15) is 25.8 Å². The molecule has 0 saturated heterocycles. The van der Waals surface area contributed by atoms with Gasteiger partial charge in [-0.25, -0.2) is 8.42 Å². The highest BCUT2D eigenvalue weighted by Gasteiger charge is 2.02. The van der Waals surface area contributed by atoms with E-state index in [1.165, 1.54) is 16.7 Å². The third-order valence-electron chi connectivity index (χ3n) is 2.57. The van der Waals surface area contributed by atoms with Crippen LogP contribution in [0.3, 0.4) is 0 Å². The van der Waals surface area contributed by atoms with Crippen LogP contribution >= 0.6 is 11.8 Å². The summed E-state index contributed by atoms with van der Waals surface area (Å²) in [6.07, 6.45) is 1.99. The largest absolute Gasteiger partial charge is 0.310 e. The molecule has 0 heterocycles. The number of hydrogen-bond donors (Lipinski definition) is 1. The average Bonchev–Trinajstić information content (AvgIpc) is 2.32. The molecule has 108 valence electrons. The zero-order valence-corrected chi connectivity index (χ0v) is 13.5. The Morgan fingerprint density at radius 3 is 2.37 bits per heavy atom. The lowest BCUT2D eigenvalue weighted by molar-refractivity contribution is 0.588. The Bertz CT molecular complexity index is 467. The zero-order valence-electron chi connectivity index (χ0n) is 11.8. The van der Waals surface area contributed by atoms with Crippen LogP contribution in [0.15, 0.2) is 29.2 Å². The van der Waals surface area contributed by atoms with Gasteiger partial charge in [0.1, 0.15) is 9.84 Å². The minimum absolute atomic E-state index is 0.274. The molecule has 0 saturated carbocycles. The summed E-state index contributed by atoms with van der Waals surface area (Å²) in [5.41, 5.74) is 1.27. The summed E-state index contributed by atoms with van der Waals surface area (Å²) >= 11 is 1.71. The molecule has 0 amide bonds. The topological polar surface area (TPSA) is 46.2 Å². The van der Waals surface area contributed by atoms with Gasteiger partial charge in [0.2, 0.25) is 0 Å². The van der Waals surface area contributed by atoms with Gasteiger partial charge < -0.3 is 5.32 Å². The van der Waals surface area contributed by atoms with E-state index in [0.717, 1.165) is 12.3 Å². The molecule has 0 atom stereocenters. The highest BCUT2D eigenvalue weighted by molar-refractivity contribution is 7.99. The minimum atomic E-state index is -2.82. The predicted octanol–water partition coefficient (Wildman–Crippen LogP) is 2.71. The lowest BCUT2D eigenvalue weighted by Gasteiger charge is -2.08. The van der Waals surface area contributed by atoms with Crippen LogP contribution in [-0.2, 0) is 16.4 Å². The maximum atomic E-state index is 11.0. The van der Waals surface area contributed by atoms with Gasteiger partial charge in [-0.15, -0.1) is 11.8 Å². The van der Waals surface area contributed by atoms with Gasteiger partial charge in [-0.1, -0.05) is 26.0 Å². The first kappa shape index (κ1) is 16.5. The van der Waals surface area contributed by atoms with Crippen molar-refractivity contribution in [1.82, 2.24) is 5.32 Å². The lowest BCUT2D eigenvalue weighted by atomic mass is 10.2. The molecule has 0 aliphatic rings. The first-order valence-electron chi connectivity index (χ1n) is 6.49. The van der Waals surface area contributed by atoms with E-state index in [-0.39, 0.29) is 5.75 Å². The molecule has 0 bridgehead atoms. The van der Waals surface area contributed by atoms with Crippen LogP contribution in [0.4, 0.5) is 0 Å². The normalized spacial score (nSPS) is 12.0. The fraction of sp³-hybridized carbons (Fsp3) is 0.571. The van der Waals surface area contributed by atoms with Crippen molar-refractivity contribution in [1.29, 1.82) is 0 Å². The summed E-state index contributed by atoms with van der Waals surface area (Å²) in [4.78, 5) is 1.20. The third-order valence-corrected chi connectivity index (χ3v) is 4.69. The second-order valence-electron chi connectivity index (χ2n) is 5.01. The summed E-state index contributed by atoms with van der Waals surface area (Å²) in [5.74, 6) is 1.12. The molecule has 1 rings (SSSR count). The Hall–Kier alpha value is -0.520. The Morgan fingerprint density at radius 1 is 1.21 bits per heavy atom. The molecule has 1 aromatic rings. The van der Waals surface area contributed by atoms with Crippen molar-refractivity contribution in [2.75, 3.05) is 17.8 Å². The van der Waals surface area contributed by atoms with Crippen molar-refractivity contribution in [3.63, 3.8) is 0 Å². The van der Waals surface area contributed by atoms with Crippen LogP contribution < -0.4 is 5.32 Å². The van der Waals surface area contributed by atoms with E-state index in [1.54, 1.807) is 11.8 Å². The summed E-state index contributed by atoms with van der Waals surface area (Å²) in [7, 11) is -2.82. The average molecular weight is 301 g/mol. The molecule has 0 unspecified atom stereocenters. The molecule has 0 aliphatic carbocycles. The number of sulfone groups is 1. The first-order chi connectivity index (χ1) is 8.87. The highest BCUT2D eigenvalue weighted by Crippen LogP contribution is 2.19. The van der Waals surface area contributed by atoms with Gasteiger partial charge in [-0.05, 0) is 29.9 Å². The number of rotatable bonds is 8. The molecule has 5 heteroatoms. The van der Waals surface area contributed by atoms with Crippen molar-refractivity contribution in [3.05, 3.63) is 29.8 Å². The van der Waals surface area contributed by atoms with Crippen molar-refractivity contribution in [2.45, 2.75) is 37.8 Å². The smallest absolute Gasteiger partial charge is 0.147 e. The van der Waals surface area contributed by atoms with Gasteiger partial charge in [0.25, 0.3) is 0 Å². The molecule has 0 aliphatic heterocycles. The molecule has 0 radical (unpaired) electrons. The molecule has 19 heavy (non-hydrogen) atoms. The summed E-state index contributed by atoms with van der Waals surface area (Å²) in [6, 6.07) is 8.93. The van der Waals surface area contributed by atoms with E-state index >= 15 is 0 Å². The number of nitrogens with one attached hydrogen (secondary N) is 1. The van der Waals surface area contributed by atoms with Gasteiger partial charge in [-0.3, -0.25) is 0 Å². The van der Waals surface area contributed by atoms with Crippen molar-refractivity contribution in [3.8, 4) is 0 Å². The lowest BCUT2D eigenvalue weighted by Crippen LogP contribution is -2.21. The van der Waals surface area contributed by atoms with Gasteiger partial charge in [-0.2, -0.15) is 0 Å². The molecule has 0 fully saturated rings. The third kappa shape index (κ3) is 8.29. The quantitative estimate of drug-likeness (QED) is 0.592. The van der Waals surface area contributed by atoms with Gasteiger partial charge in [0.05, 0.1) is 5.75 Å². The Labute approximate surface area is 121 Å². The summed E-state index contributed by atoms with van der Waals surface area (Å²) in [6.45, 7) is 5.15. The highest BCUT2D eigenvalue weighted by atomic mass is 32.2. The summed E-state index contributed by atoms with van der Waals surface area (Å²) in [5, 5.41) is 3.38. The molecular formula is C14H23NO2S2. The summed E-state index contributed by atoms with van der Waals surface area (Å²) < 4.78 is 22.0. The van der Waals surface area contributed by atoms with Crippen molar-refractivity contribution in [2.24, 2.45) is 0 Å². The van der Waals surface area contributed by atoms with Crippen molar-refractivity contribution < 1.29 is 8.42 Å². The van der Waals surface area contributed by atoms with Crippen LogP contribution in [0.5, 0.6) is 0 Å². The van der Waals surface area contributed by atoms with Crippen LogP contribution in [0, 0.1) is 0 Å². The monoisotopic (exact) mass is 301 g/mol. The molecule has 1 aromatic carbocycles. The standard InChI is InChI=1S/C14H23NO2S2/c1-12(2)15-11-13-5-7-14(8-6-13)18-9-4-10-19(3,16)17/h5-8,12,15H,4,9-11H2,1-3H3. The van der Waals surface area contributed by atoms with E-state index < -0.39 is 9.84 Å². The van der Waals surface area contributed by atoms with Crippen LogP contribution in [0.25, 0.3) is 0 Å².